The number of hydrogen-bond acceptors (Lipinski definition) is 4. The van der Waals surface area contributed by atoms with Crippen LogP contribution in [0, 0.1) is 6.92 Å². The molecule has 0 aliphatic rings. The van der Waals surface area contributed by atoms with Crippen molar-refractivity contribution in [2.75, 3.05) is 11.1 Å². The minimum Gasteiger partial charge on any atom is -0.368 e. The van der Waals surface area contributed by atoms with Crippen molar-refractivity contribution in [3.05, 3.63) is 83.3 Å². The average molecular weight is 382 g/mol. The Morgan fingerprint density at radius 1 is 0.966 bits per heavy atom. The smallest absolute Gasteiger partial charge is 0.221 e. The summed E-state index contributed by atoms with van der Waals surface area (Å²) in [5.74, 6) is 1.04. The van der Waals surface area contributed by atoms with E-state index in [-0.39, 0.29) is 5.95 Å². The summed E-state index contributed by atoms with van der Waals surface area (Å²) in [4.78, 5) is 15.3. The Hall–Kier alpha value is -3.80. The second-order valence-electron chi connectivity index (χ2n) is 7.41. The van der Waals surface area contributed by atoms with Gasteiger partial charge in [0.25, 0.3) is 0 Å². The van der Waals surface area contributed by atoms with Crippen LogP contribution in [0.2, 0.25) is 0 Å². The third kappa shape index (κ3) is 3.52. The molecule has 0 aliphatic carbocycles. The number of nitrogens with one attached hydrogen (secondary N) is 3. The number of aromatic amines is 2. The number of aryl methyl sites for hydroxylation is 1. The van der Waals surface area contributed by atoms with Crippen molar-refractivity contribution in [1.29, 1.82) is 0 Å². The molecular weight excluding hydrogens is 360 g/mol. The molecule has 0 saturated carbocycles. The van der Waals surface area contributed by atoms with Gasteiger partial charge in [0.2, 0.25) is 5.95 Å². The van der Waals surface area contributed by atoms with Gasteiger partial charge in [-0.25, -0.2) is 4.98 Å². The molecule has 3 heterocycles. The average Bonchev–Trinajstić information content (AvgIpc) is 3.32. The zero-order chi connectivity index (χ0) is 19.8. The van der Waals surface area contributed by atoms with E-state index >= 15 is 0 Å². The molecule has 0 spiro atoms. The highest BCUT2D eigenvalue weighted by Gasteiger charge is 2.09. The summed E-state index contributed by atoms with van der Waals surface area (Å²) in [7, 11) is 0. The topological polar surface area (TPSA) is 95.4 Å². The van der Waals surface area contributed by atoms with Gasteiger partial charge in [-0.1, -0.05) is 18.2 Å². The van der Waals surface area contributed by atoms with Gasteiger partial charge in [0.15, 0.2) is 0 Å². The molecule has 144 valence electrons. The van der Waals surface area contributed by atoms with Crippen molar-refractivity contribution in [2.45, 2.75) is 19.9 Å². The monoisotopic (exact) mass is 382 g/mol. The molecule has 5 N–H and O–H groups in total. The highest BCUT2D eigenvalue weighted by molar-refractivity contribution is 5.81. The summed E-state index contributed by atoms with van der Waals surface area (Å²) < 4.78 is 0. The van der Waals surface area contributed by atoms with E-state index in [1.807, 2.05) is 12.4 Å². The summed E-state index contributed by atoms with van der Waals surface area (Å²) in [5.41, 5.74) is 12.7. The molecule has 0 unspecified atom stereocenters. The maximum absolute atomic E-state index is 5.86. The second-order valence-corrected chi connectivity index (χ2v) is 7.41. The van der Waals surface area contributed by atoms with E-state index in [4.69, 9.17) is 5.73 Å². The second kappa shape index (κ2) is 6.98. The predicted molar refractivity (Wildman–Crippen MR) is 118 cm³/mol. The number of fused-ring (bicyclic) bond motifs is 2. The molecule has 5 rings (SSSR count). The molecule has 0 fully saturated rings. The molecule has 6 heteroatoms. The van der Waals surface area contributed by atoms with Crippen molar-refractivity contribution in [3.63, 3.8) is 0 Å². The normalized spacial score (nSPS) is 11.3. The van der Waals surface area contributed by atoms with Crippen molar-refractivity contribution in [2.24, 2.45) is 0 Å². The van der Waals surface area contributed by atoms with Crippen molar-refractivity contribution in [3.8, 4) is 0 Å². The number of anilines is 2. The minimum atomic E-state index is 0.271. The molecule has 29 heavy (non-hydrogen) atoms. The van der Waals surface area contributed by atoms with Crippen molar-refractivity contribution in [1.82, 2.24) is 19.9 Å². The SMILES string of the molecule is Cc1cc2cc(CNc3nc(N)ncc3Cc3ccc4cc[nH]c4c3)ccc2[nH]1. The van der Waals surface area contributed by atoms with Gasteiger partial charge >= 0.3 is 0 Å². The number of nitrogens with zero attached hydrogens (tertiary/aromatic N) is 2. The third-order valence-electron chi connectivity index (χ3n) is 5.18. The molecule has 0 saturated heterocycles. The fourth-order valence-corrected chi connectivity index (χ4v) is 3.75. The molecule has 0 radical (unpaired) electrons. The fourth-order valence-electron chi connectivity index (χ4n) is 3.75. The molecule has 5 aromatic rings. The molecule has 0 aliphatic heterocycles. The van der Waals surface area contributed by atoms with Gasteiger partial charge in [-0.05, 0) is 59.2 Å². The van der Waals surface area contributed by atoms with Gasteiger partial charge < -0.3 is 21.0 Å². The fraction of sp³-hybridized carbons (Fsp3) is 0.130. The molecule has 0 amide bonds. The Morgan fingerprint density at radius 2 is 1.86 bits per heavy atom. The summed E-state index contributed by atoms with van der Waals surface area (Å²) in [6.45, 7) is 2.73. The van der Waals surface area contributed by atoms with Crippen LogP contribution in [-0.4, -0.2) is 19.9 Å². The maximum Gasteiger partial charge on any atom is 0.221 e. The van der Waals surface area contributed by atoms with Gasteiger partial charge in [0.05, 0.1) is 0 Å². The molecular formula is C23H22N6. The number of hydrogen-bond donors (Lipinski definition) is 4. The van der Waals surface area contributed by atoms with E-state index in [2.05, 4.69) is 80.7 Å². The van der Waals surface area contributed by atoms with Crippen molar-refractivity contribution < 1.29 is 0 Å². The van der Waals surface area contributed by atoms with E-state index in [1.54, 1.807) is 0 Å². The van der Waals surface area contributed by atoms with Crippen LogP contribution in [0.25, 0.3) is 21.8 Å². The summed E-state index contributed by atoms with van der Waals surface area (Å²) in [5, 5.41) is 5.86. The molecule has 3 aromatic heterocycles. The van der Waals surface area contributed by atoms with Gasteiger partial charge in [-0.15, -0.1) is 0 Å². The zero-order valence-corrected chi connectivity index (χ0v) is 16.2. The van der Waals surface area contributed by atoms with Crippen LogP contribution in [-0.2, 0) is 13.0 Å². The molecule has 6 nitrogen and oxygen atoms in total. The maximum atomic E-state index is 5.86. The Balaban J connectivity index is 1.39. The van der Waals surface area contributed by atoms with E-state index in [1.165, 1.54) is 21.9 Å². The van der Waals surface area contributed by atoms with E-state index in [9.17, 15) is 0 Å². The Labute approximate surface area is 168 Å². The summed E-state index contributed by atoms with van der Waals surface area (Å²) in [6, 6.07) is 17.1. The van der Waals surface area contributed by atoms with Crippen LogP contribution < -0.4 is 11.1 Å². The number of benzene rings is 2. The first kappa shape index (κ1) is 17.3. The van der Waals surface area contributed by atoms with E-state index in [0.29, 0.717) is 6.54 Å². The number of nitrogen functional groups attached to an aromatic ring is 1. The highest BCUT2D eigenvalue weighted by Crippen LogP contribution is 2.22. The highest BCUT2D eigenvalue weighted by atomic mass is 15.1. The quantitative estimate of drug-likeness (QED) is 0.359. The Bertz CT molecular complexity index is 1310. The van der Waals surface area contributed by atoms with Gasteiger partial charge in [-0.2, -0.15) is 4.98 Å². The first-order chi connectivity index (χ1) is 14.1. The Kier molecular flexibility index (Phi) is 4.17. The van der Waals surface area contributed by atoms with E-state index < -0.39 is 0 Å². The predicted octanol–water partition coefficient (Wildman–Crippen LogP) is 4.53. The van der Waals surface area contributed by atoms with Crippen LogP contribution >= 0.6 is 0 Å². The lowest BCUT2D eigenvalue weighted by atomic mass is 10.1. The lowest BCUT2D eigenvalue weighted by Crippen LogP contribution is -2.08. The molecule has 0 atom stereocenters. The standard InChI is InChI=1S/C23H22N6/c1-14-8-18-10-16(3-5-20(18)28-14)12-26-22-19(13-27-23(24)29-22)9-15-2-4-17-6-7-25-21(17)11-15/h2-8,10-11,13,25,28H,9,12H2,1H3,(H3,24,26,27,29). The number of aromatic nitrogens is 4. The lowest BCUT2D eigenvalue weighted by molar-refractivity contribution is 1.04. The van der Waals surface area contributed by atoms with Crippen LogP contribution in [0.1, 0.15) is 22.4 Å². The molecule has 0 bridgehead atoms. The number of nitrogens with two attached hydrogens (primary N) is 1. The summed E-state index contributed by atoms with van der Waals surface area (Å²) in [6.07, 6.45) is 4.49. The number of rotatable bonds is 5. The molecule has 2 aromatic carbocycles. The van der Waals surface area contributed by atoms with Gasteiger partial charge in [0, 0.05) is 47.7 Å². The lowest BCUT2D eigenvalue weighted by Gasteiger charge is -2.12. The largest absolute Gasteiger partial charge is 0.368 e. The van der Waals surface area contributed by atoms with Gasteiger partial charge in [-0.3, -0.25) is 0 Å². The number of H-pyrrole nitrogens is 2. The van der Waals surface area contributed by atoms with Crippen molar-refractivity contribution >= 4 is 33.6 Å². The first-order valence-corrected chi connectivity index (χ1v) is 9.63. The summed E-state index contributed by atoms with van der Waals surface area (Å²) >= 11 is 0. The minimum absolute atomic E-state index is 0.271. The van der Waals surface area contributed by atoms with Crippen LogP contribution in [0.15, 0.2) is 60.9 Å². The first-order valence-electron chi connectivity index (χ1n) is 9.63. The van der Waals surface area contributed by atoms with Gasteiger partial charge in [0.1, 0.15) is 5.82 Å². The Morgan fingerprint density at radius 3 is 2.79 bits per heavy atom. The van der Waals surface area contributed by atoms with Crippen LogP contribution in [0.4, 0.5) is 11.8 Å². The third-order valence-corrected chi connectivity index (χ3v) is 5.18. The van der Waals surface area contributed by atoms with Crippen LogP contribution in [0.5, 0.6) is 0 Å². The van der Waals surface area contributed by atoms with E-state index in [0.717, 1.165) is 34.5 Å². The van der Waals surface area contributed by atoms with Crippen LogP contribution in [0.3, 0.4) is 0 Å². The zero-order valence-electron chi connectivity index (χ0n) is 16.2.